The molecule has 0 aliphatic carbocycles. The van der Waals surface area contributed by atoms with Crippen molar-refractivity contribution < 1.29 is 4.52 Å². The molecule has 0 aliphatic rings. The third kappa shape index (κ3) is 4.49. The van der Waals surface area contributed by atoms with E-state index in [1.807, 2.05) is 60.4 Å². The average Bonchev–Trinajstić information content (AvgIpc) is 3.38. The number of aryl methyl sites for hydroxylation is 1. The molecule has 2 heterocycles. The van der Waals surface area contributed by atoms with Crippen molar-refractivity contribution in [2.45, 2.75) is 38.9 Å². The Kier molecular flexibility index (Phi) is 6.05. The van der Waals surface area contributed by atoms with Crippen molar-refractivity contribution in [1.82, 2.24) is 24.6 Å². The van der Waals surface area contributed by atoms with Crippen LogP contribution in [-0.2, 0) is 20.1 Å². The Balaban J connectivity index is 1.60. The Morgan fingerprint density at radius 2 is 1.57 bits per heavy atom. The molecule has 0 bridgehead atoms. The molecule has 2 aromatic carbocycles. The largest absolute Gasteiger partial charge is 0.338 e. The molecule has 6 nitrogen and oxygen atoms in total. The molecule has 30 heavy (non-hydrogen) atoms. The first-order chi connectivity index (χ1) is 14.6. The van der Waals surface area contributed by atoms with Crippen LogP contribution in [-0.4, -0.2) is 30.6 Å². The molecule has 0 radical (unpaired) electrons. The van der Waals surface area contributed by atoms with Crippen molar-refractivity contribution >= 4 is 0 Å². The van der Waals surface area contributed by atoms with Gasteiger partial charge in [-0.05, 0) is 25.0 Å². The molecule has 4 aromatic rings. The van der Waals surface area contributed by atoms with Gasteiger partial charge in [0.05, 0.1) is 19.0 Å². The zero-order chi connectivity index (χ0) is 20.9. The smallest absolute Gasteiger partial charge is 0.240 e. The quantitative estimate of drug-likeness (QED) is 0.438. The fourth-order valence-corrected chi connectivity index (χ4v) is 3.56. The highest BCUT2D eigenvalue weighted by molar-refractivity contribution is 5.37. The van der Waals surface area contributed by atoms with Gasteiger partial charge in [-0.1, -0.05) is 65.8 Å². The molecule has 0 spiro atoms. The Morgan fingerprint density at radius 3 is 2.10 bits per heavy atom. The van der Waals surface area contributed by atoms with Crippen LogP contribution in [0, 0.1) is 0 Å². The summed E-state index contributed by atoms with van der Waals surface area (Å²) >= 11 is 0. The fraction of sp³-hybridized carbons (Fsp3) is 0.292. The van der Waals surface area contributed by atoms with E-state index in [0.29, 0.717) is 24.3 Å². The summed E-state index contributed by atoms with van der Waals surface area (Å²) in [6.07, 6.45) is 3.78. The van der Waals surface area contributed by atoms with Crippen LogP contribution in [0.2, 0.25) is 0 Å². The monoisotopic (exact) mass is 401 g/mol. The van der Waals surface area contributed by atoms with Crippen molar-refractivity contribution in [2.75, 3.05) is 0 Å². The van der Waals surface area contributed by atoms with Crippen molar-refractivity contribution in [3.05, 3.63) is 102 Å². The maximum Gasteiger partial charge on any atom is 0.240 e. The first-order valence-corrected chi connectivity index (χ1v) is 10.2. The Hall–Kier alpha value is -3.25. The minimum Gasteiger partial charge on any atom is -0.338 e. The van der Waals surface area contributed by atoms with Crippen LogP contribution >= 0.6 is 0 Å². The van der Waals surface area contributed by atoms with Crippen molar-refractivity contribution in [1.29, 1.82) is 0 Å². The molecule has 0 aliphatic heterocycles. The van der Waals surface area contributed by atoms with Crippen LogP contribution in [0.25, 0.3) is 0 Å². The minimum atomic E-state index is -0.0630. The normalized spacial score (nSPS) is 11.7. The highest BCUT2D eigenvalue weighted by Crippen LogP contribution is 2.30. The van der Waals surface area contributed by atoms with Gasteiger partial charge in [0, 0.05) is 25.5 Å². The second-order valence-electron chi connectivity index (χ2n) is 7.75. The highest BCUT2D eigenvalue weighted by atomic mass is 16.5. The number of benzene rings is 2. The van der Waals surface area contributed by atoms with Crippen LogP contribution in [0.5, 0.6) is 0 Å². The topological polar surface area (TPSA) is 60.0 Å². The lowest BCUT2D eigenvalue weighted by atomic mass is 9.91. The maximum absolute atomic E-state index is 5.69. The number of rotatable bonds is 8. The van der Waals surface area contributed by atoms with Gasteiger partial charge >= 0.3 is 0 Å². The molecule has 0 saturated carbocycles. The van der Waals surface area contributed by atoms with Crippen LogP contribution in [0.4, 0.5) is 0 Å². The Bertz CT molecular complexity index is 1020. The number of hydrogen-bond donors (Lipinski definition) is 0. The third-order valence-electron chi connectivity index (χ3n) is 5.34. The number of nitrogens with zero attached hydrogens (tertiary/aromatic N) is 5. The lowest BCUT2D eigenvalue weighted by Crippen LogP contribution is -2.31. The van der Waals surface area contributed by atoms with E-state index in [-0.39, 0.29) is 5.92 Å². The van der Waals surface area contributed by atoms with Crippen molar-refractivity contribution in [3.8, 4) is 0 Å². The van der Waals surface area contributed by atoms with Crippen LogP contribution in [0.15, 0.2) is 77.6 Å². The van der Waals surface area contributed by atoms with Gasteiger partial charge in [-0.25, -0.2) is 4.98 Å². The van der Waals surface area contributed by atoms with Gasteiger partial charge in [0.1, 0.15) is 5.82 Å². The zero-order valence-electron chi connectivity index (χ0n) is 17.6. The van der Waals surface area contributed by atoms with E-state index >= 15 is 0 Å². The predicted molar refractivity (Wildman–Crippen MR) is 116 cm³/mol. The van der Waals surface area contributed by atoms with Gasteiger partial charge in [0.25, 0.3) is 0 Å². The fourth-order valence-electron chi connectivity index (χ4n) is 3.56. The van der Waals surface area contributed by atoms with E-state index in [0.717, 1.165) is 23.5 Å². The average molecular weight is 402 g/mol. The Morgan fingerprint density at radius 1 is 0.933 bits per heavy atom. The van der Waals surface area contributed by atoms with Gasteiger partial charge in [0.15, 0.2) is 5.82 Å². The van der Waals surface area contributed by atoms with Crippen molar-refractivity contribution in [3.63, 3.8) is 0 Å². The number of aromatic nitrogens is 4. The molecule has 0 unspecified atom stereocenters. The standard InChI is InChI=1S/C24H27N5O/c1-18(2)29(16-21-25-14-15-28(21)3)17-22-26-24(27-30-22)23(19-10-6-4-7-11-19)20-12-8-5-9-13-20/h4-15,18,23H,16-17H2,1-3H3. The van der Waals surface area contributed by atoms with E-state index in [2.05, 4.69) is 53.2 Å². The summed E-state index contributed by atoms with van der Waals surface area (Å²) in [6.45, 7) is 5.63. The van der Waals surface area contributed by atoms with Crippen molar-refractivity contribution in [2.24, 2.45) is 7.05 Å². The molecule has 6 heteroatoms. The van der Waals surface area contributed by atoms with E-state index in [4.69, 9.17) is 9.51 Å². The third-order valence-corrected chi connectivity index (χ3v) is 5.34. The summed E-state index contributed by atoms with van der Waals surface area (Å²) in [5.74, 6) is 2.25. The van der Waals surface area contributed by atoms with E-state index in [1.54, 1.807) is 0 Å². The van der Waals surface area contributed by atoms with Gasteiger partial charge in [-0.2, -0.15) is 4.98 Å². The zero-order valence-corrected chi connectivity index (χ0v) is 17.6. The lowest BCUT2D eigenvalue weighted by molar-refractivity contribution is 0.171. The minimum absolute atomic E-state index is 0.0630. The van der Waals surface area contributed by atoms with Gasteiger partial charge in [-0.15, -0.1) is 0 Å². The molecule has 0 amide bonds. The molecule has 0 N–H and O–H groups in total. The van der Waals surface area contributed by atoms with Crippen LogP contribution < -0.4 is 0 Å². The maximum atomic E-state index is 5.69. The molecule has 0 atom stereocenters. The summed E-state index contributed by atoms with van der Waals surface area (Å²) in [6, 6.07) is 20.9. The second kappa shape index (κ2) is 9.05. The summed E-state index contributed by atoms with van der Waals surface area (Å²) in [7, 11) is 2.01. The van der Waals surface area contributed by atoms with E-state index in [9.17, 15) is 0 Å². The molecule has 154 valence electrons. The molecule has 2 aromatic heterocycles. The highest BCUT2D eigenvalue weighted by Gasteiger charge is 2.24. The molecule has 0 saturated heterocycles. The second-order valence-corrected chi connectivity index (χ2v) is 7.75. The Labute approximate surface area is 177 Å². The van der Waals surface area contributed by atoms with Gasteiger partial charge in [0.2, 0.25) is 5.89 Å². The predicted octanol–water partition coefficient (Wildman–Crippen LogP) is 4.39. The van der Waals surface area contributed by atoms with Gasteiger partial charge < -0.3 is 9.09 Å². The first-order valence-electron chi connectivity index (χ1n) is 10.2. The molecular weight excluding hydrogens is 374 g/mol. The first kappa shape index (κ1) is 20.0. The summed E-state index contributed by atoms with van der Waals surface area (Å²) < 4.78 is 7.73. The van der Waals surface area contributed by atoms with Crippen LogP contribution in [0.1, 0.15) is 48.4 Å². The van der Waals surface area contributed by atoms with Gasteiger partial charge in [-0.3, -0.25) is 4.90 Å². The summed E-state index contributed by atoms with van der Waals surface area (Å²) in [5, 5.41) is 4.36. The number of hydrogen-bond acceptors (Lipinski definition) is 5. The van der Waals surface area contributed by atoms with E-state index in [1.165, 1.54) is 0 Å². The summed E-state index contributed by atoms with van der Waals surface area (Å²) in [5.41, 5.74) is 2.29. The molecule has 0 fully saturated rings. The van der Waals surface area contributed by atoms with E-state index < -0.39 is 0 Å². The molecule has 4 rings (SSSR count). The molecular formula is C24H27N5O. The summed E-state index contributed by atoms with van der Waals surface area (Å²) in [4.78, 5) is 11.5. The van der Waals surface area contributed by atoms with Crippen LogP contribution in [0.3, 0.4) is 0 Å². The lowest BCUT2D eigenvalue weighted by Gasteiger charge is -2.24. The number of imidazole rings is 1. The SMILES string of the molecule is CC(C)N(Cc1nc(C(c2ccccc2)c2ccccc2)no1)Cc1nccn1C.